The number of ether oxygens (including phenoxy) is 2. The fraction of sp³-hybridized carbons (Fsp3) is 0.538. The summed E-state index contributed by atoms with van der Waals surface area (Å²) in [4.78, 5) is 5.10. The molecular weight excluding hydrogens is 457 g/mol. The summed E-state index contributed by atoms with van der Waals surface area (Å²) in [5.41, 5.74) is 4.25. The molecule has 2 fully saturated rings. The molecule has 1 atom stereocenters. The second-order valence-electron chi connectivity index (χ2n) is 9.21. The highest BCUT2D eigenvalue weighted by atomic mass is 35.5. The molecule has 0 aromatic heterocycles. The Labute approximate surface area is 210 Å². The number of hydrogen-bond donors (Lipinski definition) is 1. The number of methoxy groups -OCH3 is 1. The van der Waals surface area contributed by atoms with Gasteiger partial charge in [0.25, 0.3) is 0 Å². The standard InChI is InChI=1S/C26H35N3O2.2ClH/c1-30-25-11-10-23(16-26(25)31-24-8-4-5-9-24)29-15-13-27-22(19-29)18-28-14-12-20-6-2-3-7-21(20)17-28;;/h2-3,6-7,10-11,16,22,24,27H,4-5,8-9,12-15,17-19H2,1H3;2*1H/t22-;;/m0../s1. The highest BCUT2D eigenvalue weighted by Gasteiger charge is 2.25. The molecule has 1 saturated carbocycles. The van der Waals surface area contributed by atoms with Gasteiger partial charge in [0.15, 0.2) is 11.5 Å². The fourth-order valence-corrected chi connectivity index (χ4v) is 5.34. The summed E-state index contributed by atoms with van der Waals surface area (Å²) in [6.45, 7) is 6.36. The van der Waals surface area contributed by atoms with Gasteiger partial charge < -0.3 is 19.7 Å². The van der Waals surface area contributed by atoms with Crippen LogP contribution in [0.3, 0.4) is 0 Å². The molecule has 1 N–H and O–H groups in total. The van der Waals surface area contributed by atoms with Crippen molar-refractivity contribution in [1.82, 2.24) is 10.2 Å². The first kappa shape index (κ1) is 26.0. The van der Waals surface area contributed by atoms with Crippen LogP contribution < -0.4 is 19.7 Å². The van der Waals surface area contributed by atoms with Gasteiger partial charge in [-0.25, -0.2) is 0 Å². The summed E-state index contributed by atoms with van der Waals surface area (Å²) in [7, 11) is 1.73. The van der Waals surface area contributed by atoms with Crippen molar-refractivity contribution in [3.63, 3.8) is 0 Å². The van der Waals surface area contributed by atoms with Crippen LogP contribution in [-0.2, 0) is 13.0 Å². The van der Waals surface area contributed by atoms with Gasteiger partial charge in [-0.1, -0.05) is 24.3 Å². The number of hydrogen-bond acceptors (Lipinski definition) is 5. The van der Waals surface area contributed by atoms with Crippen molar-refractivity contribution in [2.75, 3.05) is 44.7 Å². The van der Waals surface area contributed by atoms with Crippen LogP contribution in [0.1, 0.15) is 36.8 Å². The lowest BCUT2D eigenvalue weighted by atomic mass is 9.99. The molecule has 5 rings (SSSR count). The van der Waals surface area contributed by atoms with Crippen LogP contribution in [0.5, 0.6) is 11.5 Å². The predicted octanol–water partition coefficient (Wildman–Crippen LogP) is 4.70. The minimum Gasteiger partial charge on any atom is -0.493 e. The van der Waals surface area contributed by atoms with Crippen LogP contribution in [0.2, 0.25) is 0 Å². The van der Waals surface area contributed by atoms with Crippen LogP contribution in [-0.4, -0.2) is 56.9 Å². The third kappa shape index (κ3) is 6.27. The maximum Gasteiger partial charge on any atom is 0.163 e. The lowest BCUT2D eigenvalue weighted by Gasteiger charge is -2.39. The lowest BCUT2D eigenvalue weighted by Crippen LogP contribution is -2.55. The molecule has 2 aromatic carbocycles. The van der Waals surface area contributed by atoms with E-state index in [-0.39, 0.29) is 24.8 Å². The monoisotopic (exact) mass is 493 g/mol. The van der Waals surface area contributed by atoms with Crippen molar-refractivity contribution in [2.24, 2.45) is 0 Å². The topological polar surface area (TPSA) is 37.0 Å². The molecule has 7 heteroatoms. The number of halogens is 2. The summed E-state index contributed by atoms with van der Waals surface area (Å²) in [5.74, 6) is 1.74. The van der Waals surface area contributed by atoms with Gasteiger partial charge in [-0.15, -0.1) is 24.8 Å². The Morgan fingerprint density at radius 1 is 0.970 bits per heavy atom. The quantitative estimate of drug-likeness (QED) is 0.631. The van der Waals surface area contributed by atoms with Gasteiger partial charge >= 0.3 is 0 Å². The number of nitrogens with one attached hydrogen (secondary N) is 1. The van der Waals surface area contributed by atoms with Crippen molar-refractivity contribution < 1.29 is 9.47 Å². The molecule has 33 heavy (non-hydrogen) atoms. The van der Waals surface area contributed by atoms with Gasteiger partial charge in [0.2, 0.25) is 0 Å². The Morgan fingerprint density at radius 2 is 1.76 bits per heavy atom. The molecule has 0 radical (unpaired) electrons. The van der Waals surface area contributed by atoms with E-state index < -0.39 is 0 Å². The molecule has 2 heterocycles. The number of fused-ring (bicyclic) bond motifs is 1. The minimum absolute atomic E-state index is 0. The van der Waals surface area contributed by atoms with E-state index in [4.69, 9.17) is 9.47 Å². The smallest absolute Gasteiger partial charge is 0.163 e. The van der Waals surface area contributed by atoms with E-state index in [0.717, 1.165) is 70.0 Å². The largest absolute Gasteiger partial charge is 0.493 e. The molecule has 0 bridgehead atoms. The predicted molar refractivity (Wildman–Crippen MR) is 140 cm³/mol. The normalized spacial score (nSPS) is 21.0. The molecule has 5 nitrogen and oxygen atoms in total. The molecule has 1 aliphatic carbocycles. The number of anilines is 1. The zero-order valence-electron chi connectivity index (χ0n) is 19.5. The van der Waals surface area contributed by atoms with Crippen LogP contribution in [0.15, 0.2) is 42.5 Å². The molecule has 2 aromatic rings. The van der Waals surface area contributed by atoms with E-state index in [1.165, 1.54) is 29.7 Å². The molecule has 0 amide bonds. The van der Waals surface area contributed by atoms with Gasteiger partial charge in [0.1, 0.15) is 0 Å². The van der Waals surface area contributed by atoms with Gasteiger partial charge in [0, 0.05) is 57.1 Å². The maximum atomic E-state index is 6.33. The third-order valence-electron chi connectivity index (χ3n) is 7.05. The zero-order valence-corrected chi connectivity index (χ0v) is 21.1. The first-order valence-corrected chi connectivity index (χ1v) is 11.9. The number of rotatable bonds is 6. The maximum absolute atomic E-state index is 6.33. The van der Waals surface area contributed by atoms with Gasteiger partial charge in [0.05, 0.1) is 13.2 Å². The molecule has 2 aliphatic heterocycles. The average molecular weight is 495 g/mol. The van der Waals surface area contributed by atoms with E-state index in [0.29, 0.717) is 12.1 Å². The van der Waals surface area contributed by atoms with E-state index in [1.54, 1.807) is 7.11 Å². The number of benzene rings is 2. The summed E-state index contributed by atoms with van der Waals surface area (Å²) < 4.78 is 11.9. The van der Waals surface area contributed by atoms with Crippen molar-refractivity contribution in [3.05, 3.63) is 53.6 Å². The average Bonchev–Trinajstić information content (AvgIpc) is 3.32. The Morgan fingerprint density at radius 3 is 2.55 bits per heavy atom. The molecule has 182 valence electrons. The van der Waals surface area contributed by atoms with Crippen molar-refractivity contribution in [1.29, 1.82) is 0 Å². The van der Waals surface area contributed by atoms with Crippen molar-refractivity contribution in [3.8, 4) is 11.5 Å². The van der Waals surface area contributed by atoms with Crippen LogP contribution in [0, 0.1) is 0 Å². The van der Waals surface area contributed by atoms with E-state index >= 15 is 0 Å². The zero-order chi connectivity index (χ0) is 21.0. The van der Waals surface area contributed by atoms with E-state index in [9.17, 15) is 0 Å². The molecule has 3 aliphatic rings. The first-order chi connectivity index (χ1) is 15.3. The first-order valence-electron chi connectivity index (χ1n) is 11.9. The highest BCUT2D eigenvalue weighted by molar-refractivity contribution is 5.85. The Balaban J connectivity index is 0.00000153. The fourth-order valence-electron chi connectivity index (χ4n) is 5.34. The summed E-state index contributed by atoms with van der Waals surface area (Å²) >= 11 is 0. The highest BCUT2D eigenvalue weighted by Crippen LogP contribution is 2.35. The van der Waals surface area contributed by atoms with Gasteiger partial charge in [-0.3, -0.25) is 4.90 Å². The Kier molecular flexibility index (Phi) is 9.57. The molecular formula is C26H37Cl2N3O2. The minimum atomic E-state index is 0. The molecule has 0 unspecified atom stereocenters. The van der Waals surface area contributed by atoms with E-state index in [2.05, 4.69) is 57.6 Å². The lowest BCUT2D eigenvalue weighted by molar-refractivity contribution is 0.200. The van der Waals surface area contributed by atoms with E-state index in [1.807, 2.05) is 0 Å². The number of piperazine rings is 1. The van der Waals surface area contributed by atoms with Crippen molar-refractivity contribution in [2.45, 2.75) is 50.8 Å². The Bertz CT molecular complexity index is 892. The number of nitrogens with zero attached hydrogens (tertiary/aromatic N) is 2. The second-order valence-corrected chi connectivity index (χ2v) is 9.21. The molecule has 0 spiro atoms. The van der Waals surface area contributed by atoms with Crippen LogP contribution in [0.4, 0.5) is 5.69 Å². The summed E-state index contributed by atoms with van der Waals surface area (Å²) in [6, 6.07) is 15.8. The second kappa shape index (κ2) is 12.2. The molecule has 1 saturated heterocycles. The SMILES string of the molecule is COc1ccc(N2CCN[C@@H](CN3CCc4ccccc4C3)C2)cc1OC1CCCC1.Cl.Cl. The Hall–Kier alpha value is -1.66. The van der Waals surface area contributed by atoms with Crippen molar-refractivity contribution >= 4 is 30.5 Å². The van der Waals surface area contributed by atoms with Gasteiger partial charge in [-0.2, -0.15) is 0 Å². The van der Waals surface area contributed by atoms with Gasteiger partial charge in [-0.05, 0) is 55.4 Å². The summed E-state index contributed by atoms with van der Waals surface area (Å²) in [5, 5.41) is 3.75. The third-order valence-corrected chi connectivity index (χ3v) is 7.05. The summed E-state index contributed by atoms with van der Waals surface area (Å²) in [6.07, 6.45) is 6.35. The van der Waals surface area contributed by atoms with Crippen LogP contribution >= 0.6 is 24.8 Å². The van der Waals surface area contributed by atoms with Crippen LogP contribution in [0.25, 0.3) is 0 Å².